The lowest BCUT2D eigenvalue weighted by molar-refractivity contribution is 0.0152. The van der Waals surface area contributed by atoms with Gasteiger partial charge in [0.1, 0.15) is 30.6 Å². The van der Waals surface area contributed by atoms with Gasteiger partial charge in [-0.2, -0.15) is 5.26 Å². The number of carbonyl (C=O) groups excluding carboxylic acids is 1. The van der Waals surface area contributed by atoms with Gasteiger partial charge < -0.3 is 24.0 Å². The van der Waals surface area contributed by atoms with Gasteiger partial charge in [0.05, 0.1) is 22.2 Å². The van der Waals surface area contributed by atoms with Crippen LogP contribution in [0.1, 0.15) is 69.8 Å². The smallest absolute Gasteiger partial charge is 0.410 e. The number of anilines is 1. The summed E-state index contributed by atoms with van der Waals surface area (Å²) in [6.07, 6.45) is 3.60. The van der Waals surface area contributed by atoms with E-state index in [0.29, 0.717) is 46.7 Å². The van der Waals surface area contributed by atoms with Crippen molar-refractivity contribution in [1.82, 2.24) is 19.8 Å². The van der Waals surface area contributed by atoms with Crippen LogP contribution >= 0.6 is 23.2 Å². The van der Waals surface area contributed by atoms with Gasteiger partial charge in [-0.15, -0.1) is 11.6 Å². The molecule has 1 amide bonds. The molecular formula is C39H48Cl2N6O4. The first-order valence-corrected chi connectivity index (χ1v) is 18.7. The number of alkyl halides is 1. The van der Waals surface area contributed by atoms with Crippen molar-refractivity contribution in [3.63, 3.8) is 0 Å². The molecule has 0 saturated carbocycles. The van der Waals surface area contributed by atoms with Gasteiger partial charge in [0.2, 0.25) is 5.95 Å². The van der Waals surface area contributed by atoms with Crippen molar-refractivity contribution >= 4 is 35.2 Å². The molecule has 0 aliphatic carbocycles. The van der Waals surface area contributed by atoms with E-state index in [-0.39, 0.29) is 12.7 Å². The molecule has 0 radical (unpaired) electrons. The van der Waals surface area contributed by atoms with Crippen LogP contribution in [-0.4, -0.2) is 89.3 Å². The minimum absolute atomic E-state index is 0.198. The Bertz CT molecular complexity index is 1720. The molecular weight excluding hydrogens is 687 g/mol. The van der Waals surface area contributed by atoms with Crippen molar-refractivity contribution in [1.29, 1.82) is 5.26 Å². The summed E-state index contributed by atoms with van der Waals surface area (Å²) in [6.45, 7) is 16.1. The first-order chi connectivity index (χ1) is 24.3. The molecule has 2 aromatic carbocycles. The fraction of sp³-hybridized carbons (Fsp3) is 0.538. The third-order valence-corrected chi connectivity index (χ3v) is 10.7. The number of aromatic nitrogens is 2. The highest BCUT2D eigenvalue weighted by molar-refractivity contribution is 6.32. The topological polar surface area (TPSA) is 104 Å². The lowest BCUT2D eigenvalue weighted by atomic mass is 9.77. The van der Waals surface area contributed by atoms with E-state index in [1.54, 1.807) is 0 Å². The number of carbonyl (C=O) groups is 1. The fourth-order valence-electron chi connectivity index (χ4n) is 7.46. The van der Waals surface area contributed by atoms with Gasteiger partial charge in [-0.1, -0.05) is 37.6 Å². The molecule has 3 aliphatic heterocycles. The number of ether oxygens (including phenoxy) is 3. The van der Waals surface area contributed by atoms with Crippen molar-refractivity contribution < 1.29 is 19.0 Å². The van der Waals surface area contributed by atoms with Gasteiger partial charge >= 0.3 is 6.09 Å². The van der Waals surface area contributed by atoms with Crippen molar-refractivity contribution in [3.05, 3.63) is 76.1 Å². The van der Waals surface area contributed by atoms with E-state index in [1.807, 2.05) is 74.3 Å². The highest BCUT2D eigenvalue weighted by Gasteiger charge is 2.43. The molecule has 3 aromatic rings. The van der Waals surface area contributed by atoms with Crippen LogP contribution in [0.5, 0.6) is 11.5 Å². The summed E-state index contributed by atoms with van der Waals surface area (Å²) in [4.78, 5) is 28.8. The lowest BCUT2D eigenvalue weighted by Gasteiger charge is -2.37. The third-order valence-electron chi connectivity index (χ3n) is 10.3. The first-order valence-electron chi connectivity index (χ1n) is 17.8. The Morgan fingerprint density at radius 2 is 1.65 bits per heavy atom. The second-order valence-electron chi connectivity index (χ2n) is 15.3. The molecule has 6 rings (SSSR count). The Morgan fingerprint density at radius 1 is 0.961 bits per heavy atom. The number of piperidine rings is 1. The number of benzene rings is 2. The lowest BCUT2D eigenvalue weighted by Crippen LogP contribution is -2.48. The Labute approximate surface area is 311 Å². The molecule has 0 bridgehead atoms. The van der Waals surface area contributed by atoms with Crippen molar-refractivity contribution in [2.45, 2.75) is 71.1 Å². The Balaban J connectivity index is 1.00. The zero-order chi connectivity index (χ0) is 36.3. The van der Waals surface area contributed by atoms with Crippen LogP contribution in [0.2, 0.25) is 5.02 Å². The van der Waals surface area contributed by atoms with E-state index in [4.69, 9.17) is 42.4 Å². The summed E-state index contributed by atoms with van der Waals surface area (Å²) >= 11 is 12.3. The van der Waals surface area contributed by atoms with Crippen LogP contribution in [-0.2, 0) is 16.8 Å². The second-order valence-corrected chi connectivity index (χ2v) is 16.1. The standard InChI is InChI=1S/C39H48Cl2N6O4/c1-38(2,3)51-37(48)45-15-11-32(12-16-45)46-21-27-23-47(24-28(27)22-46)36-43-14-10-31(44-36)25-50-33-8-6-29(7-9-33)39(4,5)30-18-26(20-42)35(34(41)19-30)49-17-13-40/h6-10,14,18-19,27-28,32H,11-13,15-17,21-25H2,1-5H3/t27-,28+. The van der Waals surface area contributed by atoms with E-state index >= 15 is 0 Å². The quantitative estimate of drug-likeness (QED) is 0.199. The maximum Gasteiger partial charge on any atom is 0.410 e. The van der Waals surface area contributed by atoms with E-state index < -0.39 is 11.0 Å². The average Bonchev–Trinajstić information content (AvgIpc) is 3.70. The van der Waals surface area contributed by atoms with Crippen molar-refractivity contribution in [2.24, 2.45) is 11.8 Å². The number of amides is 1. The summed E-state index contributed by atoms with van der Waals surface area (Å²) in [5, 5.41) is 10.1. The molecule has 3 fully saturated rings. The summed E-state index contributed by atoms with van der Waals surface area (Å²) < 4.78 is 17.4. The third kappa shape index (κ3) is 8.65. The summed E-state index contributed by atoms with van der Waals surface area (Å²) in [5.74, 6) is 3.34. The number of hydrogen-bond acceptors (Lipinski definition) is 9. The van der Waals surface area contributed by atoms with Gasteiger partial charge in [-0.05, 0) is 86.9 Å². The molecule has 0 N–H and O–H groups in total. The monoisotopic (exact) mass is 734 g/mol. The second kappa shape index (κ2) is 15.4. The predicted octanol–water partition coefficient (Wildman–Crippen LogP) is 7.29. The maximum atomic E-state index is 12.5. The van der Waals surface area contributed by atoms with Crippen LogP contribution < -0.4 is 14.4 Å². The van der Waals surface area contributed by atoms with Crippen molar-refractivity contribution in [3.8, 4) is 17.6 Å². The minimum atomic E-state index is -0.467. The number of nitrogens with zero attached hydrogens (tertiary/aromatic N) is 6. The van der Waals surface area contributed by atoms with Crippen LogP contribution in [0.3, 0.4) is 0 Å². The van der Waals surface area contributed by atoms with Gasteiger partial charge in [0, 0.05) is 56.9 Å². The summed E-state index contributed by atoms with van der Waals surface area (Å²) in [5.41, 5.74) is 2.28. The molecule has 51 heavy (non-hydrogen) atoms. The summed E-state index contributed by atoms with van der Waals surface area (Å²) in [7, 11) is 0. The predicted molar refractivity (Wildman–Crippen MR) is 199 cm³/mol. The number of rotatable bonds is 10. The molecule has 12 heteroatoms. The zero-order valence-corrected chi connectivity index (χ0v) is 31.7. The Hall–Kier alpha value is -3.78. The molecule has 3 saturated heterocycles. The zero-order valence-electron chi connectivity index (χ0n) is 30.2. The van der Waals surface area contributed by atoms with E-state index in [2.05, 4.69) is 34.7 Å². The van der Waals surface area contributed by atoms with E-state index in [1.165, 1.54) is 0 Å². The average molecular weight is 736 g/mol. The molecule has 1 aromatic heterocycles. The van der Waals surface area contributed by atoms with Crippen molar-refractivity contribution in [2.75, 3.05) is 56.7 Å². The molecule has 0 spiro atoms. The number of fused-ring (bicyclic) bond motifs is 1. The van der Waals surface area contributed by atoms with Gasteiger partial charge in [0.15, 0.2) is 5.75 Å². The molecule has 0 unspecified atom stereocenters. The highest BCUT2D eigenvalue weighted by Crippen LogP contribution is 2.39. The largest absolute Gasteiger partial charge is 0.489 e. The number of hydrogen-bond donors (Lipinski definition) is 0. The van der Waals surface area contributed by atoms with Gasteiger partial charge in [0.25, 0.3) is 0 Å². The van der Waals surface area contributed by atoms with E-state index in [9.17, 15) is 10.1 Å². The Kier molecular flexibility index (Phi) is 11.2. The minimum Gasteiger partial charge on any atom is -0.489 e. The molecule has 3 aliphatic rings. The fourth-order valence-corrected chi connectivity index (χ4v) is 7.82. The number of nitriles is 1. The first kappa shape index (κ1) is 37.0. The van der Waals surface area contributed by atoms with Crippen LogP contribution in [0.15, 0.2) is 48.7 Å². The van der Waals surface area contributed by atoms with Crippen LogP contribution in [0, 0.1) is 23.2 Å². The van der Waals surface area contributed by atoms with Crippen LogP contribution in [0.4, 0.5) is 10.7 Å². The molecule has 2 atom stereocenters. The normalized spacial score (nSPS) is 19.9. The molecule has 10 nitrogen and oxygen atoms in total. The highest BCUT2D eigenvalue weighted by atomic mass is 35.5. The SMILES string of the molecule is CC(C)(C)OC(=O)N1CCC(N2C[C@H]3CN(c4nccc(COc5ccc(C(C)(C)c6cc(Cl)c(OCCCl)c(C#N)c6)cc5)n4)C[C@H]3C2)CC1. The van der Waals surface area contributed by atoms with Gasteiger partial charge in [-0.3, -0.25) is 4.90 Å². The number of halogens is 2. The maximum absolute atomic E-state index is 12.5. The van der Waals surface area contributed by atoms with Crippen LogP contribution in [0.25, 0.3) is 0 Å². The van der Waals surface area contributed by atoms with Gasteiger partial charge in [-0.25, -0.2) is 14.8 Å². The number of likely N-dealkylation sites (tertiary alicyclic amines) is 2. The Morgan fingerprint density at radius 3 is 2.27 bits per heavy atom. The molecule has 4 heterocycles. The molecule has 272 valence electrons. The summed E-state index contributed by atoms with van der Waals surface area (Å²) in [6, 6.07) is 16.3. The van der Waals surface area contributed by atoms with E-state index in [0.717, 1.165) is 80.6 Å².